The molecule has 0 aliphatic carbocycles. The molecule has 0 atom stereocenters. The summed E-state index contributed by atoms with van der Waals surface area (Å²) in [5, 5.41) is 12.8. The third kappa shape index (κ3) is 2.73. The zero-order valence-corrected chi connectivity index (χ0v) is 10.1. The predicted molar refractivity (Wildman–Crippen MR) is 71.9 cm³/mol. The van der Waals surface area contributed by atoms with Crippen LogP contribution in [0.5, 0.6) is 5.75 Å². The van der Waals surface area contributed by atoms with Crippen molar-refractivity contribution in [2.45, 2.75) is 0 Å². The molecule has 0 radical (unpaired) electrons. The fourth-order valence-corrected chi connectivity index (χ4v) is 1.58. The maximum Gasteiger partial charge on any atom is 0.255 e. The van der Waals surface area contributed by atoms with Gasteiger partial charge in [0.2, 0.25) is 0 Å². The number of anilines is 2. The number of halogens is 1. The van der Waals surface area contributed by atoms with E-state index < -0.39 is 0 Å². The Bertz CT molecular complexity index is 582. The van der Waals surface area contributed by atoms with E-state index >= 15 is 0 Å². The highest BCUT2D eigenvalue weighted by atomic mass is 35.5. The molecule has 0 fully saturated rings. The molecule has 0 unspecified atom stereocenters. The fourth-order valence-electron chi connectivity index (χ4n) is 1.45. The van der Waals surface area contributed by atoms with Crippen molar-refractivity contribution in [2.75, 3.05) is 11.1 Å². The molecular formula is C13H11ClN2O2. The largest absolute Gasteiger partial charge is 0.506 e. The Morgan fingerprint density at radius 2 is 1.83 bits per heavy atom. The van der Waals surface area contributed by atoms with E-state index in [0.717, 1.165) is 0 Å². The van der Waals surface area contributed by atoms with Gasteiger partial charge in [0.1, 0.15) is 5.75 Å². The summed E-state index contributed by atoms with van der Waals surface area (Å²) in [4.78, 5) is 11.9. The predicted octanol–water partition coefficient (Wildman–Crippen LogP) is 2.88. The van der Waals surface area contributed by atoms with Gasteiger partial charge in [-0.1, -0.05) is 11.6 Å². The molecule has 0 saturated carbocycles. The van der Waals surface area contributed by atoms with Gasteiger partial charge in [-0.25, -0.2) is 0 Å². The van der Waals surface area contributed by atoms with Crippen molar-refractivity contribution in [1.29, 1.82) is 0 Å². The maximum atomic E-state index is 11.9. The standard InChI is InChI=1S/C13H11ClN2O2/c14-9-3-1-8(2-4-9)13(18)16-11-6-5-10(15)7-12(11)17/h1-7,17H,15H2,(H,16,18). The number of nitrogens with one attached hydrogen (secondary N) is 1. The number of nitrogens with two attached hydrogens (primary N) is 1. The molecule has 92 valence electrons. The summed E-state index contributed by atoms with van der Waals surface area (Å²) in [6, 6.07) is 11.0. The fraction of sp³-hybridized carbons (Fsp3) is 0. The van der Waals surface area contributed by atoms with Gasteiger partial charge in [-0.2, -0.15) is 0 Å². The monoisotopic (exact) mass is 262 g/mol. The highest BCUT2D eigenvalue weighted by Crippen LogP contribution is 2.25. The summed E-state index contributed by atoms with van der Waals surface area (Å²) in [7, 11) is 0. The molecule has 0 aromatic heterocycles. The first-order chi connectivity index (χ1) is 8.56. The average molecular weight is 263 g/mol. The van der Waals surface area contributed by atoms with E-state index in [9.17, 15) is 9.90 Å². The van der Waals surface area contributed by atoms with Crippen LogP contribution in [0.3, 0.4) is 0 Å². The first kappa shape index (κ1) is 12.3. The minimum atomic E-state index is -0.327. The van der Waals surface area contributed by atoms with E-state index in [1.54, 1.807) is 36.4 Å². The number of phenols is 1. The number of carbonyl (C=O) groups is 1. The van der Waals surface area contributed by atoms with E-state index in [1.807, 2.05) is 0 Å². The summed E-state index contributed by atoms with van der Waals surface area (Å²) < 4.78 is 0. The molecule has 0 bridgehead atoms. The van der Waals surface area contributed by atoms with Gasteiger partial charge in [0, 0.05) is 22.3 Å². The molecule has 4 N–H and O–H groups in total. The van der Waals surface area contributed by atoms with E-state index in [-0.39, 0.29) is 11.7 Å². The number of phenolic OH excluding ortho intramolecular Hbond substituents is 1. The highest BCUT2D eigenvalue weighted by molar-refractivity contribution is 6.30. The minimum Gasteiger partial charge on any atom is -0.506 e. The molecular weight excluding hydrogens is 252 g/mol. The van der Waals surface area contributed by atoms with E-state index in [1.165, 1.54) is 6.07 Å². The first-order valence-electron chi connectivity index (χ1n) is 5.21. The van der Waals surface area contributed by atoms with Crippen molar-refractivity contribution in [3.05, 3.63) is 53.1 Å². The van der Waals surface area contributed by atoms with Crippen LogP contribution in [0.2, 0.25) is 5.02 Å². The lowest BCUT2D eigenvalue weighted by Gasteiger charge is -2.07. The van der Waals surface area contributed by atoms with E-state index in [0.29, 0.717) is 22.0 Å². The molecule has 0 aliphatic rings. The number of hydrogen-bond donors (Lipinski definition) is 3. The van der Waals surface area contributed by atoms with Crippen LogP contribution in [-0.4, -0.2) is 11.0 Å². The molecule has 0 heterocycles. The molecule has 2 rings (SSSR count). The number of carbonyl (C=O) groups excluding carboxylic acids is 1. The lowest BCUT2D eigenvalue weighted by molar-refractivity contribution is 0.102. The van der Waals surface area contributed by atoms with Crippen LogP contribution in [0.15, 0.2) is 42.5 Å². The van der Waals surface area contributed by atoms with Crippen LogP contribution in [0.4, 0.5) is 11.4 Å². The second-order valence-electron chi connectivity index (χ2n) is 3.74. The number of hydrogen-bond acceptors (Lipinski definition) is 3. The van der Waals surface area contributed by atoms with Gasteiger partial charge in [0.05, 0.1) is 5.69 Å². The average Bonchev–Trinajstić information content (AvgIpc) is 2.33. The quantitative estimate of drug-likeness (QED) is 0.575. The third-order valence-electron chi connectivity index (χ3n) is 2.38. The Labute approximate surface area is 109 Å². The molecule has 0 spiro atoms. The number of aromatic hydroxyl groups is 1. The normalized spacial score (nSPS) is 10.1. The van der Waals surface area contributed by atoms with Gasteiger partial charge in [0.25, 0.3) is 5.91 Å². The molecule has 2 aromatic carbocycles. The summed E-state index contributed by atoms with van der Waals surface area (Å²) in [5.74, 6) is -0.399. The van der Waals surface area contributed by atoms with Crippen LogP contribution in [0.1, 0.15) is 10.4 Å². The van der Waals surface area contributed by atoms with Crippen molar-refractivity contribution in [3.63, 3.8) is 0 Å². The smallest absolute Gasteiger partial charge is 0.255 e. The first-order valence-corrected chi connectivity index (χ1v) is 5.59. The summed E-state index contributed by atoms with van der Waals surface area (Å²) in [6.45, 7) is 0. The van der Waals surface area contributed by atoms with Crippen molar-refractivity contribution < 1.29 is 9.90 Å². The number of amides is 1. The van der Waals surface area contributed by atoms with Gasteiger partial charge in [-0.15, -0.1) is 0 Å². The Morgan fingerprint density at radius 1 is 1.17 bits per heavy atom. The SMILES string of the molecule is Nc1ccc(NC(=O)c2ccc(Cl)cc2)c(O)c1. The minimum absolute atomic E-state index is 0.0719. The summed E-state index contributed by atoms with van der Waals surface area (Å²) in [6.07, 6.45) is 0. The number of benzene rings is 2. The Kier molecular flexibility index (Phi) is 3.39. The lowest BCUT2D eigenvalue weighted by atomic mass is 10.2. The van der Waals surface area contributed by atoms with Crippen LogP contribution >= 0.6 is 11.6 Å². The van der Waals surface area contributed by atoms with E-state index in [2.05, 4.69) is 5.32 Å². The molecule has 1 amide bonds. The van der Waals surface area contributed by atoms with Gasteiger partial charge >= 0.3 is 0 Å². The molecule has 5 heteroatoms. The second-order valence-corrected chi connectivity index (χ2v) is 4.17. The van der Waals surface area contributed by atoms with Crippen molar-refractivity contribution in [2.24, 2.45) is 0 Å². The van der Waals surface area contributed by atoms with Gasteiger partial charge in [-0.05, 0) is 36.4 Å². The van der Waals surface area contributed by atoms with Crippen LogP contribution < -0.4 is 11.1 Å². The maximum absolute atomic E-state index is 11.9. The molecule has 0 aliphatic heterocycles. The van der Waals surface area contributed by atoms with Gasteiger partial charge in [0.15, 0.2) is 0 Å². The lowest BCUT2D eigenvalue weighted by Crippen LogP contribution is -2.11. The Balaban J connectivity index is 2.18. The van der Waals surface area contributed by atoms with Gasteiger partial charge in [-0.3, -0.25) is 4.79 Å². The zero-order chi connectivity index (χ0) is 13.1. The van der Waals surface area contributed by atoms with Gasteiger partial charge < -0.3 is 16.2 Å². The van der Waals surface area contributed by atoms with Crippen LogP contribution in [-0.2, 0) is 0 Å². The van der Waals surface area contributed by atoms with Crippen LogP contribution in [0.25, 0.3) is 0 Å². The number of nitrogen functional groups attached to an aromatic ring is 1. The third-order valence-corrected chi connectivity index (χ3v) is 2.63. The van der Waals surface area contributed by atoms with Crippen molar-refractivity contribution in [3.8, 4) is 5.75 Å². The topological polar surface area (TPSA) is 75.3 Å². The summed E-state index contributed by atoms with van der Waals surface area (Å²) >= 11 is 5.73. The highest BCUT2D eigenvalue weighted by Gasteiger charge is 2.08. The second kappa shape index (κ2) is 4.98. The van der Waals surface area contributed by atoms with Crippen LogP contribution in [0, 0.1) is 0 Å². The Hall–Kier alpha value is -2.20. The Morgan fingerprint density at radius 3 is 2.44 bits per heavy atom. The molecule has 2 aromatic rings. The van der Waals surface area contributed by atoms with Crippen molar-refractivity contribution >= 4 is 28.9 Å². The van der Waals surface area contributed by atoms with Crippen molar-refractivity contribution in [1.82, 2.24) is 0 Å². The number of rotatable bonds is 2. The molecule has 4 nitrogen and oxygen atoms in total. The zero-order valence-electron chi connectivity index (χ0n) is 9.35. The molecule has 18 heavy (non-hydrogen) atoms. The summed E-state index contributed by atoms with van der Waals surface area (Å²) in [5.41, 5.74) is 6.69. The molecule has 0 saturated heterocycles. The van der Waals surface area contributed by atoms with E-state index in [4.69, 9.17) is 17.3 Å².